The molecule has 16 heavy (non-hydrogen) atoms. The van der Waals surface area contributed by atoms with Gasteiger partial charge in [-0.15, -0.1) is 0 Å². The molecule has 0 unspecified atom stereocenters. The molecule has 1 heterocycles. The van der Waals surface area contributed by atoms with Gasteiger partial charge in [0, 0.05) is 19.3 Å². The van der Waals surface area contributed by atoms with Gasteiger partial charge in [-0.1, -0.05) is 26.2 Å². The van der Waals surface area contributed by atoms with Gasteiger partial charge in [-0.05, 0) is 25.5 Å². The molecule has 0 aromatic carbocycles. The van der Waals surface area contributed by atoms with Gasteiger partial charge in [0.15, 0.2) is 0 Å². The number of hydrogen-bond acceptors (Lipinski definition) is 2. The second kappa shape index (κ2) is 9.13. The molecular formula is C13H22N3. The van der Waals surface area contributed by atoms with Gasteiger partial charge in [-0.25, -0.2) is 4.98 Å². The molecule has 3 heteroatoms. The molecule has 0 aliphatic carbocycles. The second-order valence-corrected chi connectivity index (χ2v) is 4.03. The summed E-state index contributed by atoms with van der Waals surface area (Å²) in [5, 5.41) is 0. The maximum absolute atomic E-state index is 4.40. The van der Waals surface area contributed by atoms with Crippen molar-refractivity contribution in [2.75, 3.05) is 6.54 Å². The quantitative estimate of drug-likeness (QED) is 0.464. The lowest BCUT2D eigenvalue weighted by molar-refractivity contribution is 0.657. The maximum Gasteiger partial charge on any atom is 0.108 e. The zero-order chi connectivity index (χ0) is 11.5. The van der Waals surface area contributed by atoms with Crippen LogP contribution in [0.5, 0.6) is 0 Å². The van der Waals surface area contributed by atoms with Crippen molar-refractivity contribution >= 4 is 6.21 Å². The summed E-state index contributed by atoms with van der Waals surface area (Å²) in [7, 11) is 0. The van der Waals surface area contributed by atoms with Crippen LogP contribution in [0.3, 0.4) is 0 Å². The molecule has 0 atom stereocenters. The van der Waals surface area contributed by atoms with Crippen LogP contribution in [0.1, 0.15) is 45.4 Å². The number of aliphatic imine (C=N–C) groups is 1. The number of aromatic nitrogens is 2. The van der Waals surface area contributed by atoms with E-state index in [4.69, 9.17) is 0 Å². The zero-order valence-electron chi connectivity index (χ0n) is 10.2. The third kappa shape index (κ3) is 6.38. The fraction of sp³-hybridized carbons (Fsp3) is 0.692. The number of hydrogen-bond donors (Lipinski definition) is 0. The van der Waals surface area contributed by atoms with Crippen molar-refractivity contribution in [2.24, 2.45) is 4.99 Å². The highest BCUT2D eigenvalue weighted by Gasteiger charge is 1.89. The Kier molecular flexibility index (Phi) is 7.39. The minimum atomic E-state index is 0.999. The molecule has 1 rings (SSSR count). The zero-order valence-corrected chi connectivity index (χ0v) is 10.2. The van der Waals surface area contributed by atoms with Gasteiger partial charge in [-0.2, -0.15) is 0 Å². The van der Waals surface area contributed by atoms with Crippen LogP contribution in [0.2, 0.25) is 0 Å². The molecule has 0 N–H and O–H groups in total. The Morgan fingerprint density at radius 3 is 3.00 bits per heavy atom. The van der Waals surface area contributed by atoms with Gasteiger partial charge < -0.3 is 4.57 Å². The predicted molar refractivity (Wildman–Crippen MR) is 67.8 cm³/mol. The van der Waals surface area contributed by atoms with E-state index in [1.165, 1.54) is 25.7 Å². The molecule has 1 radical (unpaired) electrons. The topological polar surface area (TPSA) is 30.2 Å². The lowest BCUT2D eigenvalue weighted by Gasteiger charge is -1.98. The summed E-state index contributed by atoms with van der Waals surface area (Å²) in [5.74, 6) is 0. The van der Waals surface area contributed by atoms with E-state index in [1.807, 2.05) is 12.5 Å². The van der Waals surface area contributed by atoms with Crippen LogP contribution >= 0.6 is 0 Å². The summed E-state index contributed by atoms with van der Waals surface area (Å²) in [6.07, 6.45) is 15.9. The Morgan fingerprint density at radius 1 is 1.31 bits per heavy atom. The van der Waals surface area contributed by atoms with E-state index in [-0.39, 0.29) is 0 Å². The predicted octanol–water partition coefficient (Wildman–Crippen LogP) is 3.11. The minimum absolute atomic E-state index is 0.999. The van der Waals surface area contributed by atoms with Crippen molar-refractivity contribution in [1.29, 1.82) is 0 Å². The Labute approximate surface area is 98.6 Å². The molecule has 3 nitrogen and oxygen atoms in total. The van der Waals surface area contributed by atoms with E-state index in [9.17, 15) is 0 Å². The van der Waals surface area contributed by atoms with E-state index < -0.39 is 0 Å². The number of unbranched alkanes of at least 4 members (excludes halogenated alkanes) is 4. The van der Waals surface area contributed by atoms with E-state index in [2.05, 4.69) is 33.9 Å². The molecule has 0 aliphatic heterocycles. The summed E-state index contributed by atoms with van der Waals surface area (Å²) < 4.78 is 2.05. The van der Waals surface area contributed by atoms with Crippen molar-refractivity contribution in [3.63, 3.8) is 0 Å². The first kappa shape index (κ1) is 12.9. The summed E-state index contributed by atoms with van der Waals surface area (Å²) >= 11 is 0. The average molecular weight is 220 g/mol. The highest BCUT2D eigenvalue weighted by molar-refractivity contribution is 5.56. The fourth-order valence-corrected chi connectivity index (χ4v) is 1.55. The second-order valence-electron chi connectivity index (χ2n) is 4.03. The van der Waals surface area contributed by atoms with E-state index >= 15 is 0 Å². The molecular weight excluding hydrogens is 198 g/mol. The first-order valence-electron chi connectivity index (χ1n) is 6.29. The van der Waals surface area contributed by atoms with Crippen LogP contribution in [-0.4, -0.2) is 22.3 Å². The lowest BCUT2D eigenvalue weighted by atomic mass is 10.2. The van der Waals surface area contributed by atoms with Crippen molar-refractivity contribution < 1.29 is 0 Å². The van der Waals surface area contributed by atoms with E-state index in [0.29, 0.717) is 0 Å². The van der Waals surface area contributed by atoms with Gasteiger partial charge in [0.05, 0.1) is 6.33 Å². The number of aryl methyl sites for hydroxylation is 1. The maximum atomic E-state index is 4.40. The summed E-state index contributed by atoms with van der Waals surface area (Å²) in [6.45, 7) is 4.24. The largest absolute Gasteiger partial charge is 0.337 e. The summed E-state index contributed by atoms with van der Waals surface area (Å²) in [5.41, 5.74) is 0. The van der Waals surface area contributed by atoms with Gasteiger partial charge in [0.1, 0.15) is 6.20 Å². The van der Waals surface area contributed by atoms with Crippen LogP contribution in [-0.2, 0) is 6.54 Å². The molecule has 0 bridgehead atoms. The smallest absolute Gasteiger partial charge is 0.108 e. The summed E-state index contributed by atoms with van der Waals surface area (Å²) in [6, 6.07) is 0. The molecule has 1 aromatic rings. The molecule has 0 spiro atoms. The fourth-order valence-electron chi connectivity index (χ4n) is 1.55. The van der Waals surface area contributed by atoms with Crippen LogP contribution in [0.4, 0.5) is 0 Å². The molecule has 0 fully saturated rings. The molecule has 0 amide bonds. The highest BCUT2D eigenvalue weighted by atomic mass is 15.0. The SMILES string of the molecule is CCCCCCN=CCCCn1c[c]nc1. The Bertz CT molecular complexity index is 265. The minimum Gasteiger partial charge on any atom is -0.337 e. The standard InChI is InChI=1S/C13H22N3/c1-2-3-4-5-8-14-9-6-7-11-16-12-10-15-13-16/h9,12-13H,2-8,11H2,1H3. The Balaban J connectivity index is 1.89. The van der Waals surface area contributed by atoms with Crippen LogP contribution < -0.4 is 0 Å². The van der Waals surface area contributed by atoms with Gasteiger partial charge in [-0.3, -0.25) is 4.99 Å². The van der Waals surface area contributed by atoms with Crippen LogP contribution in [0, 0.1) is 6.20 Å². The Hall–Kier alpha value is -1.12. The monoisotopic (exact) mass is 220 g/mol. The first-order chi connectivity index (χ1) is 7.93. The number of nitrogens with zero attached hydrogens (tertiary/aromatic N) is 3. The highest BCUT2D eigenvalue weighted by Crippen LogP contribution is 1.98. The van der Waals surface area contributed by atoms with Gasteiger partial charge in [0.25, 0.3) is 0 Å². The van der Waals surface area contributed by atoms with Crippen molar-refractivity contribution in [2.45, 2.75) is 52.0 Å². The normalized spacial score (nSPS) is 11.3. The first-order valence-corrected chi connectivity index (χ1v) is 6.29. The van der Waals surface area contributed by atoms with Crippen LogP contribution in [0.25, 0.3) is 0 Å². The third-order valence-corrected chi connectivity index (χ3v) is 2.52. The molecule has 0 saturated carbocycles. The number of imidazole rings is 1. The molecule has 0 saturated heterocycles. The van der Waals surface area contributed by atoms with E-state index in [0.717, 1.165) is 25.9 Å². The van der Waals surface area contributed by atoms with Crippen LogP contribution in [0.15, 0.2) is 17.5 Å². The summed E-state index contributed by atoms with van der Waals surface area (Å²) in [4.78, 5) is 8.29. The van der Waals surface area contributed by atoms with Crippen molar-refractivity contribution in [3.05, 3.63) is 18.7 Å². The van der Waals surface area contributed by atoms with Crippen molar-refractivity contribution in [1.82, 2.24) is 9.55 Å². The van der Waals surface area contributed by atoms with Gasteiger partial charge >= 0.3 is 0 Å². The number of rotatable bonds is 9. The Morgan fingerprint density at radius 2 is 2.25 bits per heavy atom. The molecule has 1 aromatic heterocycles. The van der Waals surface area contributed by atoms with E-state index in [1.54, 1.807) is 0 Å². The lowest BCUT2D eigenvalue weighted by Crippen LogP contribution is -1.94. The average Bonchev–Trinajstić information content (AvgIpc) is 2.80. The molecule has 0 aliphatic rings. The third-order valence-electron chi connectivity index (χ3n) is 2.52. The molecule has 89 valence electrons. The van der Waals surface area contributed by atoms with Gasteiger partial charge in [0.2, 0.25) is 0 Å². The van der Waals surface area contributed by atoms with Crippen molar-refractivity contribution in [3.8, 4) is 0 Å².